The maximum absolute atomic E-state index is 12.6. The van der Waals surface area contributed by atoms with Gasteiger partial charge >= 0.3 is 5.97 Å². The molecule has 0 heterocycles. The third-order valence-corrected chi connectivity index (χ3v) is 4.98. The number of aryl methyl sites for hydroxylation is 1. The average Bonchev–Trinajstić information content (AvgIpc) is 2.60. The molecule has 1 N–H and O–H groups in total. The van der Waals surface area contributed by atoms with Crippen molar-refractivity contribution in [2.75, 3.05) is 6.61 Å². The Hall–Kier alpha value is -2.78. The van der Waals surface area contributed by atoms with Crippen molar-refractivity contribution in [2.45, 2.75) is 24.8 Å². The van der Waals surface area contributed by atoms with E-state index in [1.807, 2.05) is 6.92 Å². The number of sulfonamides is 1. The Morgan fingerprint density at radius 3 is 2.46 bits per heavy atom. The molecule has 1 unspecified atom stereocenters. The normalized spacial score (nSPS) is 12.4. The molecule has 26 heavy (non-hydrogen) atoms. The number of benzene rings is 2. The van der Waals surface area contributed by atoms with Gasteiger partial charge in [0.05, 0.1) is 16.4 Å². The Morgan fingerprint density at radius 1 is 1.23 bits per heavy atom. The average molecular weight is 378 g/mol. The number of hydrogen-bond donors (Lipinski definition) is 1. The van der Waals surface area contributed by atoms with Crippen molar-refractivity contribution in [3.8, 4) is 0 Å². The van der Waals surface area contributed by atoms with Crippen molar-refractivity contribution in [1.82, 2.24) is 4.72 Å². The highest BCUT2D eigenvalue weighted by molar-refractivity contribution is 7.89. The molecular weight excluding hydrogens is 360 g/mol. The van der Waals surface area contributed by atoms with Gasteiger partial charge in [-0.25, -0.2) is 13.2 Å². The zero-order chi connectivity index (χ0) is 19.3. The zero-order valence-electron chi connectivity index (χ0n) is 14.2. The quantitative estimate of drug-likeness (QED) is 0.449. The lowest BCUT2D eigenvalue weighted by atomic mass is 10.1. The minimum Gasteiger partial charge on any atom is -0.465 e. The summed E-state index contributed by atoms with van der Waals surface area (Å²) in [6.07, 6.45) is 0. The predicted molar refractivity (Wildman–Crippen MR) is 94.0 cm³/mol. The van der Waals surface area contributed by atoms with Crippen LogP contribution in [0.25, 0.3) is 0 Å². The Labute approximate surface area is 151 Å². The van der Waals surface area contributed by atoms with E-state index >= 15 is 0 Å². The number of nitrogens with one attached hydrogen (secondary N) is 1. The summed E-state index contributed by atoms with van der Waals surface area (Å²) >= 11 is 0. The van der Waals surface area contributed by atoms with Crippen LogP contribution < -0.4 is 4.72 Å². The second-order valence-electron chi connectivity index (χ2n) is 5.47. The number of carbonyl (C=O) groups excluding carboxylic acids is 1. The molecule has 2 aromatic rings. The largest absolute Gasteiger partial charge is 0.465 e. The van der Waals surface area contributed by atoms with Gasteiger partial charge in [-0.05, 0) is 31.5 Å². The molecule has 0 saturated carbocycles. The molecule has 0 bridgehead atoms. The molecule has 0 fully saturated rings. The van der Waals surface area contributed by atoms with Crippen molar-refractivity contribution in [2.24, 2.45) is 0 Å². The molecule has 2 rings (SSSR count). The van der Waals surface area contributed by atoms with Gasteiger partial charge in [-0.1, -0.05) is 29.8 Å². The van der Waals surface area contributed by atoms with E-state index in [0.29, 0.717) is 0 Å². The Bertz CT molecular complexity index is 909. The minimum absolute atomic E-state index is 0.0252. The van der Waals surface area contributed by atoms with Crippen LogP contribution in [0.1, 0.15) is 24.1 Å². The van der Waals surface area contributed by atoms with Gasteiger partial charge in [-0.15, -0.1) is 0 Å². The van der Waals surface area contributed by atoms with E-state index in [0.717, 1.165) is 11.6 Å². The summed E-state index contributed by atoms with van der Waals surface area (Å²) in [4.78, 5) is 22.6. The second kappa shape index (κ2) is 8.07. The van der Waals surface area contributed by atoms with E-state index in [2.05, 4.69) is 4.72 Å². The Morgan fingerprint density at radius 2 is 1.88 bits per heavy atom. The van der Waals surface area contributed by atoms with Gasteiger partial charge in [-0.2, -0.15) is 4.72 Å². The van der Waals surface area contributed by atoms with Crippen molar-refractivity contribution in [3.05, 3.63) is 69.8 Å². The first kappa shape index (κ1) is 19.5. The van der Waals surface area contributed by atoms with E-state index in [1.54, 1.807) is 19.1 Å². The molecule has 0 aliphatic heterocycles. The number of rotatable bonds is 7. The first-order chi connectivity index (χ1) is 12.2. The number of nitrogens with zero attached hydrogens (tertiary/aromatic N) is 1. The summed E-state index contributed by atoms with van der Waals surface area (Å²) in [5, 5.41) is 11.0. The van der Waals surface area contributed by atoms with Crippen LogP contribution in [-0.2, 0) is 19.6 Å². The van der Waals surface area contributed by atoms with E-state index in [-0.39, 0.29) is 22.8 Å². The van der Waals surface area contributed by atoms with Gasteiger partial charge < -0.3 is 4.74 Å². The van der Waals surface area contributed by atoms with Crippen molar-refractivity contribution >= 4 is 21.7 Å². The summed E-state index contributed by atoms with van der Waals surface area (Å²) in [5.74, 6) is -0.844. The lowest BCUT2D eigenvalue weighted by Crippen LogP contribution is -2.35. The molecule has 138 valence electrons. The molecule has 8 nitrogen and oxygen atoms in total. The number of carbonyl (C=O) groups is 1. The number of esters is 1. The number of nitro benzene ring substituents is 1. The van der Waals surface area contributed by atoms with E-state index in [9.17, 15) is 23.3 Å². The molecule has 1 atom stereocenters. The third-order valence-electron chi connectivity index (χ3n) is 3.54. The highest BCUT2D eigenvalue weighted by Crippen LogP contribution is 2.23. The first-order valence-corrected chi connectivity index (χ1v) is 9.23. The van der Waals surface area contributed by atoms with Crippen LogP contribution in [0.15, 0.2) is 53.4 Å². The summed E-state index contributed by atoms with van der Waals surface area (Å²) < 4.78 is 32.4. The van der Waals surface area contributed by atoms with E-state index in [1.165, 1.54) is 30.3 Å². The number of nitro groups is 1. The molecule has 0 aliphatic rings. The monoisotopic (exact) mass is 378 g/mol. The lowest BCUT2D eigenvalue weighted by Gasteiger charge is -2.18. The van der Waals surface area contributed by atoms with Crippen LogP contribution in [0.3, 0.4) is 0 Å². The number of hydrogen-bond acceptors (Lipinski definition) is 6. The van der Waals surface area contributed by atoms with Gasteiger partial charge in [0.15, 0.2) is 0 Å². The van der Waals surface area contributed by atoms with Gasteiger partial charge in [0.1, 0.15) is 6.04 Å². The van der Waals surface area contributed by atoms with Crippen molar-refractivity contribution in [1.29, 1.82) is 0 Å². The minimum atomic E-state index is -4.04. The molecule has 9 heteroatoms. The standard InChI is InChI=1S/C17H18N2O6S/c1-3-25-17(20)16(13-5-4-6-14(11-13)19(21)22)18-26(23,24)15-9-7-12(2)8-10-15/h4-11,16,18H,3H2,1-2H3. The highest BCUT2D eigenvalue weighted by atomic mass is 32.2. The van der Waals surface area contributed by atoms with Gasteiger partial charge in [0.25, 0.3) is 5.69 Å². The van der Waals surface area contributed by atoms with Crippen LogP contribution in [0.2, 0.25) is 0 Å². The SMILES string of the molecule is CCOC(=O)C(NS(=O)(=O)c1ccc(C)cc1)c1cccc([N+](=O)[O-])c1. The van der Waals surface area contributed by atoms with Gasteiger partial charge in [-0.3, -0.25) is 10.1 Å². The van der Waals surface area contributed by atoms with Crippen LogP contribution in [0.4, 0.5) is 5.69 Å². The number of non-ortho nitro benzene ring substituents is 1. The van der Waals surface area contributed by atoms with Crippen molar-refractivity contribution in [3.63, 3.8) is 0 Å². The fourth-order valence-corrected chi connectivity index (χ4v) is 3.41. The predicted octanol–water partition coefficient (Wildman–Crippen LogP) is 2.49. The fourth-order valence-electron chi connectivity index (χ4n) is 2.24. The van der Waals surface area contributed by atoms with Crippen molar-refractivity contribution < 1.29 is 22.9 Å². The summed E-state index contributed by atoms with van der Waals surface area (Å²) in [7, 11) is -4.04. The Kier molecular flexibility index (Phi) is 6.06. The molecular formula is C17H18N2O6S. The van der Waals surface area contributed by atoms with Crippen LogP contribution >= 0.6 is 0 Å². The Balaban J connectivity index is 2.42. The van der Waals surface area contributed by atoms with Gasteiger partial charge in [0, 0.05) is 12.1 Å². The van der Waals surface area contributed by atoms with Crippen LogP contribution in [-0.4, -0.2) is 25.9 Å². The molecule has 0 aliphatic carbocycles. The fraction of sp³-hybridized carbons (Fsp3) is 0.235. The number of ether oxygens (including phenoxy) is 1. The third kappa shape index (κ3) is 4.64. The maximum Gasteiger partial charge on any atom is 0.328 e. The first-order valence-electron chi connectivity index (χ1n) is 7.74. The second-order valence-corrected chi connectivity index (χ2v) is 7.19. The summed E-state index contributed by atoms with van der Waals surface area (Å²) in [6, 6.07) is 9.86. The molecule has 0 spiro atoms. The topological polar surface area (TPSA) is 116 Å². The van der Waals surface area contributed by atoms with Gasteiger partial charge in [0.2, 0.25) is 10.0 Å². The molecule has 0 aromatic heterocycles. The summed E-state index contributed by atoms with van der Waals surface area (Å²) in [5.41, 5.74) is 0.740. The molecule has 2 aromatic carbocycles. The van der Waals surface area contributed by atoms with Crippen LogP contribution in [0.5, 0.6) is 0 Å². The molecule has 0 radical (unpaired) electrons. The van der Waals surface area contributed by atoms with E-state index in [4.69, 9.17) is 4.74 Å². The van der Waals surface area contributed by atoms with Crippen LogP contribution in [0, 0.1) is 17.0 Å². The van der Waals surface area contributed by atoms with E-state index < -0.39 is 27.0 Å². The maximum atomic E-state index is 12.6. The molecule has 0 saturated heterocycles. The zero-order valence-corrected chi connectivity index (χ0v) is 15.0. The smallest absolute Gasteiger partial charge is 0.328 e. The summed E-state index contributed by atoms with van der Waals surface area (Å²) in [6.45, 7) is 3.43. The highest BCUT2D eigenvalue weighted by Gasteiger charge is 2.29. The lowest BCUT2D eigenvalue weighted by molar-refractivity contribution is -0.384. The molecule has 0 amide bonds.